The molecule has 0 aliphatic heterocycles. The van der Waals surface area contributed by atoms with Crippen LogP contribution in [0.2, 0.25) is 0 Å². The average molecular weight is 302 g/mol. The number of carbonyl (C=O) groups is 1. The molecule has 22 heavy (non-hydrogen) atoms. The minimum absolute atomic E-state index is 0.0858. The second-order valence-corrected chi connectivity index (χ2v) is 6.20. The highest BCUT2D eigenvalue weighted by Gasteiger charge is 2.33. The normalized spacial score (nSPS) is 25.1. The van der Waals surface area contributed by atoms with Gasteiger partial charge in [0.25, 0.3) is 0 Å². The molecule has 1 rings (SSSR count). The largest absolute Gasteiger partial charge is 0.392 e. The Bertz CT molecular complexity index is 468. The molecular formula is C20H30O2. The van der Waals surface area contributed by atoms with Crippen LogP contribution < -0.4 is 0 Å². The highest BCUT2D eigenvalue weighted by atomic mass is 16.3. The van der Waals surface area contributed by atoms with Crippen molar-refractivity contribution in [3.8, 4) is 0 Å². The number of hydrogen-bond donors (Lipinski definition) is 1. The van der Waals surface area contributed by atoms with E-state index in [2.05, 4.69) is 39.0 Å². The second kappa shape index (κ2) is 9.58. The molecule has 1 aliphatic rings. The topological polar surface area (TPSA) is 37.3 Å². The number of unbranched alkanes of at least 4 members (excludes halogenated alkanes) is 1. The smallest absolute Gasteiger partial charge is 0.182 e. The van der Waals surface area contributed by atoms with Gasteiger partial charge in [0.15, 0.2) is 5.78 Å². The first-order valence-electron chi connectivity index (χ1n) is 8.45. The lowest BCUT2D eigenvalue weighted by molar-refractivity contribution is -0.111. The molecule has 0 bridgehead atoms. The summed E-state index contributed by atoms with van der Waals surface area (Å²) in [5, 5.41) is 10.00. The lowest BCUT2D eigenvalue weighted by Crippen LogP contribution is -2.16. The molecule has 0 aromatic rings. The van der Waals surface area contributed by atoms with Gasteiger partial charge < -0.3 is 5.11 Å². The van der Waals surface area contributed by atoms with Gasteiger partial charge in [0.1, 0.15) is 0 Å². The van der Waals surface area contributed by atoms with E-state index in [0.717, 1.165) is 31.3 Å². The Kier molecular flexibility index (Phi) is 8.11. The fourth-order valence-electron chi connectivity index (χ4n) is 2.62. The SMILES string of the molecule is CC/C=C\C[C@H](O)C/C=C1/C(=O)C=C[C@@]1(C)C/C=C\CCC. The molecule has 0 heterocycles. The summed E-state index contributed by atoms with van der Waals surface area (Å²) >= 11 is 0. The van der Waals surface area contributed by atoms with Crippen molar-refractivity contribution in [2.24, 2.45) is 5.41 Å². The van der Waals surface area contributed by atoms with Crippen molar-refractivity contribution in [2.45, 2.75) is 65.4 Å². The van der Waals surface area contributed by atoms with E-state index in [0.29, 0.717) is 12.8 Å². The van der Waals surface area contributed by atoms with E-state index in [-0.39, 0.29) is 11.2 Å². The van der Waals surface area contributed by atoms with E-state index < -0.39 is 6.10 Å². The summed E-state index contributed by atoms with van der Waals surface area (Å²) in [6, 6.07) is 0. The predicted molar refractivity (Wildman–Crippen MR) is 93.7 cm³/mol. The van der Waals surface area contributed by atoms with E-state index in [4.69, 9.17) is 0 Å². The molecule has 0 amide bonds. The van der Waals surface area contributed by atoms with Gasteiger partial charge >= 0.3 is 0 Å². The number of carbonyl (C=O) groups excluding carboxylic acids is 1. The molecule has 1 aliphatic carbocycles. The molecule has 0 spiro atoms. The van der Waals surface area contributed by atoms with Gasteiger partial charge in [0.2, 0.25) is 0 Å². The third-order valence-electron chi connectivity index (χ3n) is 4.05. The van der Waals surface area contributed by atoms with Crippen LogP contribution in [0.4, 0.5) is 0 Å². The quantitative estimate of drug-likeness (QED) is 0.485. The Balaban J connectivity index is 2.66. The summed E-state index contributed by atoms with van der Waals surface area (Å²) in [5.41, 5.74) is 0.604. The molecule has 0 saturated carbocycles. The van der Waals surface area contributed by atoms with Crippen LogP contribution >= 0.6 is 0 Å². The number of hydrogen-bond acceptors (Lipinski definition) is 2. The lowest BCUT2D eigenvalue weighted by Gasteiger charge is -2.22. The Morgan fingerprint density at radius 3 is 2.64 bits per heavy atom. The molecule has 1 N–H and O–H groups in total. The first-order valence-corrected chi connectivity index (χ1v) is 8.45. The third kappa shape index (κ3) is 5.76. The Hall–Kier alpha value is -1.41. The van der Waals surface area contributed by atoms with Crippen molar-refractivity contribution in [1.29, 1.82) is 0 Å². The van der Waals surface area contributed by atoms with Gasteiger partial charge in [0.05, 0.1) is 6.10 Å². The van der Waals surface area contributed by atoms with Crippen LogP contribution in [0.5, 0.6) is 0 Å². The van der Waals surface area contributed by atoms with Crippen molar-refractivity contribution in [3.63, 3.8) is 0 Å². The zero-order valence-corrected chi connectivity index (χ0v) is 14.2. The summed E-state index contributed by atoms with van der Waals surface area (Å²) in [4.78, 5) is 12.1. The average Bonchev–Trinajstić information content (AvgIpc) is 2.77. The van der Waals surface area contributed by atoms with Crippen molar-refractivity contribution in [2.75, 3.05) is 0 Å². The highest BCUT2D eigenvalue weighted by Crippen LogP contribution is 2.39. The van der Waals surface area contributed by atoms with Crippen LogP contribution in [-0.2, 0) is 4.79 Å². The monoisotopic (exact) mass is 302 g/mol. The van der Waals surface area contributed by atoms with Crippen LogP contribution in [0, 0.1) is 5.41 Å². The van der Waals surface area contributed by atoms with Gasteiger partial charge in [0, 0.05) is 11.0 Å². The molecule has 2 nitrogen and oxygen atoms in total. The van der Waals surface area contributed by atoms with E-state index >= 15 is 0 Å². The molecule has 0 fully saturated rings. The molecule has 0 unspecified atom stereocenters. The van der Waals surface area contributed by atoms with E-state index in [1.807, 2.05) is 18.2 Å². The molecule has 0 saturated heterocycles. The van der Waals surface area contributed by atoms with Gasteiger partial charge in [-0.05, 0) is 38.2 Å². The summed E-state index contributed by atoms with van der Waals surface area (Å²) in [6.07, 6.45) is 18.8. The molecule has 122 valence electrons. The molecule has 2 heteroatoms. The predicted octanol–water partition coefficient (Wildman–Crippen LogP) is 4.91. The zero-order valence-electron chi connectivity index (χ0n) is 14.2. The van der Waals surface area contributed by atoms with Crippen LogP contribution in [0.25, 0.3) is 0 Å². The van der Waals surface area contributed by atoms with Crippen molar-refractivity contribution < 1.29 is 9.90 Å². The Morgan fingerprint density at radius 2 is 1.95 bits per heavy atom. The molecule has 2 atom stereocenters. The Morgan fingerprint density at radius 1 is 1.18 bits per heavy atom. The minimum Gasteiger partial charge on any atom is -0.392 e. The second-order valence-electron chi connectivity index (χ2n) is 6.20. The van der Waals surface area contributed by atoms with Crippen LogP contribution in [0.1, 0.15) is 59.3 Å². The fourth-order valence-corrected chi connectivity index (χ4v) is 2.62. The number of allylic oxidation sites excluding steroid dienone is 6. The van der Waals surface area contributed by atoms with Gasteiger partial charge in [-0.25, -0.2) is 0 Å². The van der Waals surface area contributed by atoms with Gasteiger partial charge in [-0.15, -0.1) is 0 Å². The van der Waals surface area contributed by atoms with Crippen LogP contribution in [0.15, 0.2) is 48.1 Å². The maximum absolute atomic E-state index is 12.1. The minimum atomic E-state index is -0.413. The van der Waals surface area contributed by atoms with Crippen LogP contribution in [0.3, 0.4) is 0 Å². The van der Waals surface area contributed by atoms with Crippen molar-refractivity contribution in [3.05, 3.63) is 48.1 Å². The van der Waals surface area contributed by atoms with Gasteiger partial charge in [-0.1, -0.05) is 63.6 Å². The summed E-state index contributed by atoms with van der Waals surface area (Å²) in [6.45, 7) is 6.33. The fraction of sp³-hybridized carbons (Fsp3) is 0.550. The maximum Gasteiger partial charge on any atom is 0.182 e. The first-order chi connectivity index (χ1) is 10.5. The van der Waals surface area contributed by atoms with Gasteiger partial charge in [-0.3, -0.25) is 4.79 Å². The number of rotatable bonds is 9. The highest BCUT2D eigenvalue weighted by molar-refractivity contribution is 6.08. The molecular weight excluding hydrogens is 272 g/mol. The van der Waals surface area contributed by atoms with E-state index in [1.54, 1.807) is 6.08 Å². The summed E-state index contributed by atoms with van der Waals surface area (Å²) in [7, 11) is 0. The van der Waals surface area contributed by atoms with Crippen LogP contribution in [-0.4, -0.2) is 17.0 Å². The standard InChI is InChI=1S/C20H30O2/c1-4-6-8-10-15-20(3)16-14-19(22)18(20)13-12-17(21)11-9-7-5-2/h7-10,13-14,16-17,21H,4-6,11-12,15H2,1-3H3/b9-7-,10-8-,18-13-/t17-,20+/m0/s1. The van der Waals surface area contributed by atoms with Gasteiger partial charge in [-0.2, -0.15) is 0 Å². The molecule has 0 radical (unpaired) electrons. The molecule has 0 aromatic heterocycles. The zero-order chi connectivity index (χ0) is 16.4. The summed E-state index contributed by atoms with van der Waals surface area (Å²) < 4.78 is 0. The molecule has 0 aromatic carbocycles. The van der Waals surface area contributed by atoms with E-state index in [9.17, 15) is 9.90 Å². The van der Waals surface area contributed by atoms with Crippen molar-refractivity contribution in [1.82, 2.24) is 0 Å². The maximum atomic E-state index is 12.1. The summed E-state index contributed by atoms with van der Waals surface area (Å²) in [5.74, 6) is 0.0858. The lowest BCUT2D eigenvalue weighted by atomic mass is 9.80. The number of aliphatic hydroxyl groups is 1. The Labute approximate surface area is 135 Å². The number of aliphatic hydroxyl groups excluding tert-OH is 1. The van der Waals surface area contributed by atoms with Crippen molar-refractivity contribution >= 4 is 5.78 Å². The van der Waals surface area contributed by atoms with E-state index in [1.165, 1.54) is 0 Å². The number of ketones is 1. The first kappa shape index (κ1) is 18.6. The third-order valence-corrected chi connectivity index (χ3v) is 4.05.